The van der Waals surface area contributed by atoms with Gasteiger partial charge in [0.2, 0.25) is 12.7 Å². The Morgan fingerprint density at radius 3 is 2.61 bits per heavy atom. The second kappa shape index (κ2) is 15.1. The van der Waals surface area contributed by atoms with Crippen LogP contribution < -0.4 is 19.9 Å². The first-order valence-electron chi connectivity index (χ1n) is 14.9. The Balaban J connectivity index is 1.56. The second-order valence-corrected chi connectivity index (χ2v) is 11.0. The molecule has 0 spiro atoms. The molecule has 0 aliphatic carbocycles. The van der Waals surface area contributed by atoms with Gasteiger partial charge in [-0.05, 0) is 74.4 Å². The monoisotopic (exact) mass is 567 g/mol. The van der Waals surface area contributed by atoms with Crippen molar-refractivity contribution in [3.05, 3.63) is 53.6 Å². The molecule has 3 atom stereocenters. The highest BCUT2D eigenvalue weighted by Crippen LogP contribution is 2.43. The number of hydrogen-bond donors (Lipinski definition) is 2. The van der Waals surface area contributed by atoms with Crippen molar-refractivity contribution >= 4 is 11.9 Å². The van der Waals surface area contributed by atoms with E-state index in [-0.39, 0.29) is 31.2 Å². The molecule has 224 valence electrons. The summed E-state index contributed by atoms with van der Waals surface area (Å²) < 4.78 is 16.6. The van der Waals surface area contributed by atoms with Crippen LogP contribution in [0, 0.1) is 5.92 Å². The van der Waals surface area contributed by atoms with Crippen molar-refractivity contribution in [3.8, 4) is 17.2 Å². The number of likely N-dealkylation sites (tertiary alicyclic amines) is 1. The van der Waals surface area contributed by atoms with Gasteiger partial charge in [-0.15, -0.1) is 0 Å². The Morgan fingerprint density at radius 2 is 1.85 bits per heavy atom. The zero-order valence-electron chi connectivity index (χ0n) is 24.4. The molecule has 0 bridgehead atoms. The zero-order valence-corrected chi connectivity index (χ0v) is 24.4. The number of carbonyl (C=O) groups excluding carboxylic acids is 1. The number of aryl methyl sites for hydroxylation is 1. The van der Waals surface area contributed by atoms with Gasteiger partial charge in [0, 0.05) is 31.6 Å². The lowest BCUT2D eigenvalue weighted by molar-refractivity contribution is -0.143. The molecule has 0 radical (unpaired) electrons. The molecular weight excluding hydrogens is 522 g/mol. The number of ether oxygens (including phenoxy) is 3. The van der Waals surface area contributed by atoms with Crippen LogP contribution in [0.2, 0.25) is 0 Å². The van der Waals surface area contributed by atoms with Gasteiger partial charge in [-0.25, -0.2) is 0 Å². The first-order valence-corrected chi connectivity index (χ1v) is 14.9. The molecule has 2 aliphatic heterocycles. The molecule has 1 amide bonds. The Kier molecular flexibility index (Phi) is 11.3. The van der Waals surface area contributed by atoms with Crippen molar-refractivity contribution in [2.24, 2.45) is 11.7 Å². The van der Waals surface area contributed by atoms with Gasteiger partial charge in [-0.1, -0.05) is 37.6 Å². The van der Waals surface area contributed by atoms with Crippen molar-refractivity contribution in [1.29, 1.82) is 0 Å². The van der Waals surface area contributed by atoms with E-state index >= 15 is 0 Å². The molecule has 1 unspecified atom stereocenters. The number of carboxylic acids is 1. The summed E-state index contributed by atoms with van der Waals surface area (Å²) in [5.74, 6) is 0.441. The third kappa shape index (κ3) is 7.71. The molecular formula is C32H45N3O6. The standard InChI is InChI=1S/C32H45N3O6/c1-3-4-17-34(18-8-7-16-33)30(36)21-35-20-25(24-14-15-28-29(19-24)41-22-40-28)31(32(37)38)26(35)12-9-11-23-10-5-6-13-27(23)39-2/h5-6,10,13-15,19,25-26,31H,3-4,7-9,11-12,16-18,20-22,33H2,1-2H3,(H,37,38)/t25-,26+,31?/m1/s1. The number of para-hydroxylation sites is 1. The van der Waals surface area contributed by atoms with Gasteiger partial charge in [-0.3, -0.25) is 14.5 Å². The van der Waals surface area contributed by atoms with E-state index in [1.165, 1.54) is 0 Å². The number of unbranched alkanes of at least 4 members (excludes halogenated alkanes) is 2. The summed E-state index contributed by atoms with van der Waals surface area (Å²) in [6, 6.07) is 13.3. The lowest BCUT2D eigenvalue weighted by Crippen LogP contribution is -2.44. The van der Waals surface area contributed by atoms with Gasteiger partial charge < -0.3 is 30.0 Å². The normalized spacial score (nSPS) is 19.8. The number of amides is 1. The van der Waals surface area contributed by atoms with Gasteiger partial charge in [0.1, 0.15) is 5.75 Å². The van der Waals surface area contributed by atoms with Gasteiger partial charge in [0.15, 0.2) is 11.5 Å². The second-order valence-electron chi connectivity index (χ2n) is 11.0. The first kappa shape index (κ1) is 30.7. The zero-order chi connectivity index (χ0) is 29.2. The number of aliphatic carboxylic acids is 1. The van der Waals surface area contributed by atoms with E-state index in [1.54, 1.807) is 7.11 Å². The van der Waals surface area contributed by atoms with Crippen LogP contribution in [0.3, 0.4) is 0 Å². The van der Waals surface area contributed by atoms with Crippen LogP contribution in [-0.2, 0) is 16.0 Å². The summed E-state index contributed by atoms with van der Waals surface area (Å²) in [4.78, 5) is 30.5. The molecule has 9 heteroatoms. The minimum Gasteiger partial charge on any atom is -0.496 e. The lowest BCUT2D eigenvalue weighted by Gasteiger charge is -2.30. The maximum absolute atomic E-state index is 13.6. The number of carboxylic acid groups (broad SMARTS) is 1. The van der Waals surface area contributed by atoms with Crippen molar-refractivity contribution < 1.29 is 28.9 Å². The van der Waals surface area contributed by atoms with E-state index in [2.05, 4.69) is 11.8 Å². The van der Waals surface area contributed by atoms with Crippen LogP contribution in [0.15, 0.2) is 42.5 Å². The highest BCUT2D eigenvalue weighted by Gasteiger charge is 2.47. The van der Waals surface area contributed by atoms with Crippen LogP contribution in [0.5, 0.6) is 17.2 Å². The van der Waals surface area contributed by atoms with Crippen molar-refractivity contribution in [1.82, 2.24) is 9.80 Å². The minimum atomic E-state index is -0.837. The maximum Gasteiger partial charge on any atom is 0.308 e. The predicted molar refractivity (Wildman–Crippen MR) is 158 cm³/mol. The quantitative estimate of drug-likeness (QED) is 0.289. The SMILES string of the molecule is CCCCN(CCCCN)C(=O)CN1C[C@H](c2ccc3c(c2)OCO3)C(C(=O)O)[C@@H]1CCCc1ccccc1OC. The van der Waals surface area contributed by atoms with Gasteiger partial charge in [0.25, 0.3) is 0 Å². The molecule has 2 heterocycles. The number of carbonyl (C=O) groups is 2. The number of nitrogens with two attached hydrogens (primary N) is 1. The molecule has 3 N–H and O–H groups in total. The van der Waals surface area contributed by atoms with E-state index in [1.807, 2.05) is 47.4 Å². The van der Waals surface area contributed by atoms with E-state index in [9.17, 15) is 14.7 Å². The Labute approximate surface area is 243 Å². The molecule has 2 aromatic rings. The number of methoxy groups -OCH3 is 1. The topological polar surface area (TPSA) is 115 Å². The fourth-order valence-electron chi connectivity index (χ4n) is 6.18. The molecule has 41 heavy (non-hydrogen) atoms. The molecule has 2 aromatic carbocycles. The largest absolute Gasteiger partial charge is 0.496 e. The number of nitrogens with zero attached hydrogens (tertiary/aromatic N) is 2. The average Bonchev–Trinajstić information content (AvgIpc) is 3.59. The van der Waals surface area contributed by atoms with Crippen LogP contribution in [0.1, 0.15) is 62.5 Å². The van der Waals surface area contributed by atoms with E-state index in [0.717, 1.165) is 55.4 Å². The van der Waals surface area contributed by atoms with E-state index < -0.39 is 11.9 Å². The fourth-order valence-corrected chi connectivity index (χ4v) is 6.18. The summed E-state index contributed by atoms with van der Waals surface area (Å²) in [5, 5.41) is 10.5. The number of benzene rings is 2. The number of hydrogen-bond acceptors (Lipinski definition) is 7. The van der Waals surface area contributed by atoms with Gasteiger partial charge in [0.05, 0.1) is 19.6 Å². The predicted octanol–water partition coefficient (Wildman–Crippen LogP) is 4.28. The molecule has 9 nitrogen and oxygen atoms in total. The van der Waals surface area contributed by atoms with Crippen molar-refractivity contribution in [3.63, 3.8) is 0 Å². The summed E-state index contributed by atoms with van der Waals surface area (Å²) in [6.07, 6.45) is 5.89. The first-order chi connectivity index (χ1) is 20.0. The highest BCUT2D eigenvalue weighted by atomic mass is 16.7. The summed E-state index contributed by atoms with van der Waals surface area (Å²) in [5.41, 5.74) is 7.70. The molecule has 1 fully saturated rings. The minimum absolute atomic E-state index is 0.0562. The fraction of sp³-hybridized carbons (Fsp3) is 0.562. The number of rotatable bonds is 16. The van der Waals surface area contributed by atoms with Crippen LogP contribution in [-0.4, -0.2) is 79.5 Å². The maximum atomic E-state index is 13.6. The summed E-state index contributed by atoms with van der Waals surface area (Å²) in [6.45, 7) is 4.97. The van der Waals surface area contributed by atoms with E-state index in [4.69, 9.17) is 19.9 Å². The molecule has 0 saturated carbocycles. The van der Waals surface area contributed by atoms with Crippen LogP contribution >= 0.6 is 0 Å². The lowest BCUT2D eigenvalue weighted by atomic mass is 9.83. The summed E-state index contributed by atoms with van der Waals surface area (Å²) >= 11 is 0. The summed E-state index contributed by atoms with van der Waals surface area (Å²) in [7, 11) is 1.66. The van der Waals surface area contributed by atoms with Gasteiger partial charge >= 0.3 is 5.97 Å². The molecule has 4 rings (SSSR count). The molecule has 2 aliphatic rings. The van der Waals surface area contributed by atoms with Crippen molar-refractivity contribution in [2.45, 2.75) is 63.8 Å². The van der Waals surface area contributed by atoms with Crippen molar-refractivity contribution in [2.75, 3.05) is 46.6 Å². The Hall–Kier alpha value is -3.30. The van der Waals surface area contributed by atoms with Crippen LogP contribution in [0.4, 0.5) is 0 Å². The van der Waals surface area contributed by atoms with E-state index in [0.29, 0.717) is 44.1 Å². The average molecular weight is 568 g/mol. The Morgan fingerprint density at radius 1 is 1.07 bits per heavy atom. The van der Waals surface area contributed by atoms with Crippen LogP contribution in [0.25, 0.3) is 0 Å². The van der Waals surface area contributed by atoms with Gasteiger partial charge in [-0.2, -0.15) is 0 Å². The molecule has 1 saturated heterocycles. The molecule has 0 aromatic heterocycles. The number of fused-ring (bicyclic) bond motifs is 1. The third-order valence-corrected chi connectivity index (χ3v) is 8.35. The highest BCUT2D eigenvalue weighted by molar-refractivity contribution is 5.79. The smallest absolute Gasteiger partial charge is 0.308 e. The Bertz CT molecular complexity index is 1160. The third-order valence-electron chi connectivity index (χ3n) is 8.35.